The van der Waals surface area contributed by atoms with E-state index < -0.39 is 49.5 Å². The van der Waals surface area contributed by atoms with Gasteiger partial charge in [-0.2, -0.15) is 0 Å². The number of hydrogen-bond acceptors (Lipinski definition) is 8. The van der Waals surface area contributed by atoms with Gasteiger partial charge in [0.25, 0.3) is 0 Å². The Kier molecular flexibility index (Phi) is 47.7. The number of amides is 1. The number of allylic oxidation sites excluding steroid dienone is 18. The molecule has 0 aromatic heterocycles. The Morgan fingerprint density at radius 3 is 1.22 bits per heavy atom. The van der Waals surface area contributed by atoms with E-state index in [0.29, 0.717) is 12.8 Å². The minimum absolute atomic E-state index is 0.168. The third kappa shape index (κ3) is 40.3. The van der Waals surface area contributed by atoms with Crippen molar-refractivity contribution in [2.45, 2.75) is 269 Å². The number of hydrogen-bond donors (Lipinski definition) is 6. The summed E-state index contributed by atoms with van der Waals surface area (Å²) in [7, 11) is 0. The highest BCUT2D eigenvalue weighted by Gasteiger charge is 2.44. The quantitative estimate of drug-likeness (QED) is 0.0261. The van der Waals surface area contributed by atoms with E-state index in [2.05, 4.69) is 129 Å². The Labute approximate surface area is 440 Å². The third-order valence-corrected chi connectivity index (χ3v) is 13.1. The number of nitrogens with one attached hydrogen (secondary N) is 1. The van der Waals surface area contributed by atoms with Crippen LogP contribution in [0.2, 0.25) is 0 Å². The molecule has 0 bridgehead atoms. The highest BCUT2D eigenvalue weighted by atomic mass is 16.7. The van der Waals surface area contributed by atoms with Gasteiger partial charge in [0.05, 0.1) is 25.4 Å². The van der Waals surface area contributed by atoms with Crippen LogP contribution < -0.4 is 5.32 Å². The molecule has 0 aliphatic carbocycles. The lowest BCUT2D eigenvalue weighted by Gasteiger charge is -2.40. The first-order chi connectivity index (χ1) is 35.3. The van der Waals surface area contributed by atoms with Crippen molar-refractivity contribution in [3.05, 3.63) is 109 Å². The van der Waals surface area contributed by atoms with Crippen LogP contribution in [0.15, 0.2) is 109 Å². The second kappa shape index (κ2) is 51.3. The van der Waals surface area contributed by atoms with Crippen LogP contribution in [0.1, 0.15) is 226 Å². The summed E-state index contributed by atoms with van der Waals surface area (Å²) >= 11 is 0. The van der Waals surface area contributed by atoms with Crippen molar-refractivity contribution >= 4 is 5.91 Å². The summed E-state index contributed by atoms with van der Waals surface area (Å²) in [5.74, 6) is -0.205. The average Bonchev–Trinajstić information content (AvgIpc) is 3.38. The molecule has 7 atom stereocenters. The van der Waals surface area contributed by atoms with Crippen molar-refractivity contribution in [3.8, 4) is 0 Å². The van der Waals surface area contributed by atoms with Crippen molar-refractivity contribution in [1.82, 2.24) is 5.32 Å². The molecule has 1 aliphatic rings. The third-order valence-electron chi connectivity index (χ3n) is 13.1. The SMILES string of the molecule is CC/C=C\C/C=C\C/C=C\C/C=C\C/C=C\C/C=C\C/C=C\C/C=C\C/C=C\CCCC(=O)NC(COC1OC(CO)C(O)C(O)C1O)C(O)CCCCCCCCCCCCCCCCCCCCCC. The lowest BCUT2D eigenvalue weighted by Crippen LogP contribution is -2.60. The van der Waals surface area contributed by atoms with Crippen molar-refractivity contribution in [1.29, 1.82) is 0 Å². The standard InChI is InChI=1S/C63H107NO8/c1-3-5-7-9-11-13-15-17-19-21-23-25-26-27-28-29-30-31-32-33-35-37-39-41-43-45-47-49-51-53-59(67)64-56(55-71-63-62(70)61(69)60(68)58(54-65)72-63)57(66)52-50-48-46-44-42-40-38-36-34-24-22-20-18-16-14-12-10-8-6-4-2/h5,7,11,13,17,19,23,25,27-28,30-31,33,35,39,41,45,47,56-58,60-63,65-66,68-70H,3-4,6,8-10,12,14-16,18,20-22,24,26,29,32,34,36-38,40,42-44,46,48-55H2,1-2H3,(H,64,67)/b7-5-,13-11-,19-17-,25-23-,28-27-,31-30-,35-33-,41-39-,47-45-. The van der Waals surface area contributed by atoms with Gasteiger partial charge in [0, 0.05) is 6.42 Å². The Balaban J connectivity index is 2.28. The van der Waals surface area contributed by atoms with Gasteiger partial charge in [-0.25, -0.2) is 0 Å². The van der Waals surface area contributed by atoms with Crippen LogP contribution >= 0.6 is 0 Å². The van der Waals surface area contributed by atoms with Gasteiger partial charge in [-0.1, -0.05) is 252 Å². The molecular weight excluding hydrogens is 899 g/mol. The predicted octanol–water partition coefficient (Wildman–Crippen LogP) is 14.6. The molecule has 72 heavy (non-hydrogen) atoms. The van der Waals surface area contributed by atoms with E-state index in [-0.39, 0.29) is 18.9 Å². The molecule has 1 amide bonds. The first kappa shape index (κ1) is 66.9. The van der Waals surface area contributed by atoms with E-state index in [4.69, 9.17) is 9.47 Å². The zero-order valence-electron chi connectivity index (χ0n) is 45.6. The molecule has 1 rings (SSSR count). The molecule has 6 N–H and O–H groups in total. The minimum Gasteiger partial charge on any atom is -0.394 e. The molecule has 9 heteroatoms. The molecule has 1 heterocycles. The van der Waals surface area contributed by atoms with Crippen LogP contribution in [0.25, 0.3) is 0 Å². The van der Waals surface area contributed by atoms with Gasteiger partial charge in [0.2, 0.25) is 5.91 Å². The zero-order valence-corrected chi connectivity index (χ0v) is 45.6. The molecule has 0 saturated carbocycles. The largest absolute Gasteiger partial charge is 0.394 e. The number of carbonyl (C=O) groups is 1. The van der Waals surface area contributed by atoms with E-state index in [1.165, 1.54) is 109 Å². The van der Waals surface area contributed by atoms with Crippen molar-refractivity contribution in [2.24, 2.45) is 0 Å². The topological polar surface area (TPSA) is 149 Å². The highest BCUT2D eigenvalue weighted by Crippen LogP contribution is 2.23. The van der Waals surface area contributed by atoms with Crippen molar-refractivity contribution in [3.63, 3.8) is 0 Å². The summed E-state index contributed by atoms with van der Waals surface area (Å²) in [5.41, 5.74) is 0. The van der Waals surface area contributed by atoms with Crippen LogP contribution in [-0.4, -0.2) is 87.5 Å². The molecule has 0 spiro atoms. The first-order valence-corrected chi connectivity index (χ1v) is 29.1. The van der Waals surface area contributed by atoms with E-state index in [1.807, 2.05) is 0 Å². The number of carbonyl (C=O) groups excluding carboxylic acids is 1. The summed E-state index contributed by atoms with van der Waals surface area (Å²) in [6, 6.07) is -0.759. The van der Waals surface area contributed by atoms with E-state index in [9.17, 15) is 30.3 Å². The van der Waals surface area contributed by atoms with Gasteiger partial charge < -0.3 is 40.3 Å². The van der Waals surface area contributed by atoms with Crippen LogP contribution in [0.5, 0.6) is 0 Å². The van der Waals surface area contributed by atoms with Crippen LogP contribution in [0.3, 0.4) is 0 Å². The molecule has 7 unspecified atom stereocenters. The number of aliphatic hydroxyl groups excluding tert-OH is 5. The van der Waals surface area contributed by atoms with Gasteiger partial charge in [-0.3, -0.25) is 4.79 Å². The van der Waals surface area contributed by atoms with Crippen molar-refractivity contribution in [2.75, 3.05) is 13.2 Å². The maximum atomic E-state index is 13.1. The first-order valence-electron chi connectivity index (χ1n) is 29.1. The Bertz CT molecular complexity index is 1490. The number of ether oxygens (including phenoxy) is 2. The second-order valence-corrected chi connectivity index (χ2v) is 19.7. The molecule has 1 fully saturated rings. The highest BCUT2D eigenvalue weighted by molar-refractivity contribution is 5.76. The zero-order chi connectivity index (χ0) is 52.2. The molecule has 412 valence electrons. The Hall–Kier alpha value is -3.15. The fourth-order valence-corrected chi connectivity index (χ4v) is 8.57. The normalized spacial score (nSPS) is 20.0. The summed E-state index contributed by atoms with van der Waals surface area (Å²) < 4.78 is 11.3. The number of unbranched alkanes of at least 4 members (excludes halogenated alkanes) is 20. The molecule has 1 saturated heterocycles. The summed E-state index contributed by atoms with van der Waals surface area (Å²) in [6.07, 6.45) is 68.3. The van der Waals surface area contributed by atoms with Crippen LogP contribution in [-0.2, 0) is 14.3 Å². The average molecular weight is 1010 g/mol. The lowest BCUT2D eigenvalue weighted by atomic mass is 9.99. The van der Waals surface area contributed by atoms with Gasteiger partial charge in [0.1, 0.15) is 24.4 Å². The van der Waals surface area contributed by atoms with Gasteiger partial charge in [-0.15, -0.1) is 0 Å². The predicted molar refractivity (Wildman–Crippen MR) is 304 cm³/mol. The molecule has 9 nitrogen and oxygen atoms in total. The minimum atomic E-state index is -1.57. The summed E-state index contributed by atoms with van der Waals surface area (Å²) in [5, 5.41) is 54.6. The summed E-state index contributed by atoms with van der Waals surface area (Å²) in [4.78, 5) is 13.1. The van der Waals surface area contributed by atoms with E-state index in [0.717, 1.165) is 83.5 Å². The summed E-state index contributed by atoms with van der Waals surface area (Å²) in [6.45, 7) is 3.70. The molecule has 0 aromatic rings. The maximum absolute atomic E-state index is 13.1. The van der Waals surface area contributed by atoms with Crippen molar-refractivity contribution < 1.29 is 39.8 Å². The smallest absolute Gasteiger partial charge is 0.220 e. The molecule has 1 aliphatic heterocycles. The lowest BCUT2D eigenvalue weighted by molar-refractivity contribution is -0.302. The fraction of sp³-hybridized carbons (Fsp3) is 0.698. The Morgan fingerprint density at radius 2 is 0.847 bits per heavy atom. The molecule has 0 radical (unpaired) electrons. The fourth-order valence-electron chi connectivity index (χ4n) is 8.57. The monoisotopic (exact) mass is 1010 g/mol. The molecule has 0 aromatic carbocycles. The van der Waals surface area contributed by atoms with Gasteiger partial charge in [0.15, 0.2) is 6.29 Å². The Morgan fingerprint density at radius 1 is 0.486 bits per heavy atom. The van der Waals surface area contributed by atoms with Crippen LogP contribution in [0, 0.1) is 0 Å². The number of aliphatic hydroxyl groups is 5. The molecular formula is C63H107NO8. The maximum Gasteiger partial charge on any atom is 0.220 e. The van der Waals surface area contributed by atoms with E-state index in [1.54, 1.807) is 0 Å². The van der Waals surface area contributed by atoms with Gasteiger partial charge >= 0.3 is 0 Å². The second-order valence-electron chi connectivity index (χ2n) is 19.7. The van der Waals surface area contributed by atoms with Gasteiger partial charge in [-0.05, 0) is 77.0 Å². The number of rotatable bonds is 48. The van der Waals surface area contributed by atoms with Crippen LogP contribution in [0.4, 0.5) is 0 Å². The van der Waals surface area contributed by atoms with E-state index >= 15 is 0 Å².